The van der Waals surface area contributed by atoms with Crippen LogP contribution in [0.25, 0.3) is 0 Å². The summed E-state index contributed by atoms with van der Waals surface area (Å²) < 4.78 is 11.4. The van der Waals surface area contributed by atoms with Gasteiger partial charge in [0.15, 0.2) is 0 Å². The molecule has 0 radical (unpaired) electrons. The second kappa shape index (κ2) is 8.27. The van der Waals surface area contributed by atoms with Gasteiger partial charge in [0.2, 0.25) is 0 Å². The number of hydroxylamine groups is 2. The van der Waals surface area contributed by atoms with E-state index in [9.17, 15) is 9.59 Å². The largest absolute Gasteiger partial charge is 0.444 e. The molecule has 3 rings (SSSR count). The molecule has 0 unspecified atom stereocenters. The van der Waals surface area contributed by atoms with Crippen molar-refractivity contribution in [2.45, 2.75) is 51.4 Å². The molecule has 7 heteroatoms. The van der Waals surface area contributed by atoms with Crippen molar-refractivity contribution >= 4 is 12.1 Å². The van der Waals surface area contributed by atoms with Crippen molar-refractivity contribution in [1.82, 2.24) is 9.96 Å². The molecule has 2 aliphatic heterocycles. The molecule has 1 amide bonds. The molecule has 1 aromatic rings. The number of rotatable bonds is 4. The number of ether oxygens (including phenoxy) is 2. The van der Waals surface area contributed by atoms with Gasteiger partial charge >= 0.3 is 12.1 Å². The van der Waals surface area contributed by atoms with E-state index in [1.165, 1.54) is 0 Å². The van der Waals surface area contributed by atoms with E-state index in [-0.39, 0.29) is 24.3 Å². The van der Waals surface area contributed by atoms with Crippen LogP contribution in [0.5, 0.6) is 0 Å². The number of hydrogen-bond acceptors (Lipinski definition) is 6. The lowest BCUT2D eigenvalue weighted by Gasteiger charge is -2.42. The highest BCUT2D eigenvalue weighted by Crippen LogP contribution is 2.22. The van der Waals surface area contributed by atoms with Gasteiger partial charge in [-0.25, -0.2) is 9.59 Å². The third-order valence-corrected chi connectivity index (χ3v) is 4.51. The van der Waals surface area contributed by atoms with Crippen LogP contribution >= 0.6 is 0 Å². The Balaban J connectivity index is 1.34. The molecule has 0 N–H and O–H groups in total. The summed E-state index contributed by atoms with van der Waals surface area (Å²) in [7, 11) is 0. The van der Waals surface area contributed by atoms with Crippen LogP contribution in [-0.2, 0) is 14.3 Å². The van der Waals surface area contributed by atoms with Gasteiger partial charge in [0, 0.05) is 13.1 Å². The molecule has 2 saturated heterocycles. The summed E-state index contributed by atoms with van der Waals surface area (Å²) in [5, 5.41) is 1.70. The van der Waals surface area contributed by atoms with E-state index in [1.807, 2.05) is 39.0 Å². The average Bonchev–Trinajstić information content (AvgIpc) is 2.58. The van der Waals surface area contributed by atoms with Crippen LogP contribution in [0.4, 0.5) is 4.79 Å². The molecule has 2 heterocycles. The fourth-order valence-corrected chi connectivity index (χ4v) is 3.08. The van der Waals surface area contributed by atoms with Crippen molar-refractivity contribution in [3.05, 3.63) is 35.9 Å². The summed E-state index contributed by atoms with van der Waals surface area (Å²) in [4.78, 5) is 31.1. The Morgan fingerprint density at radius 3 is 2.22 bits per heavy atom. The second-order valence-corrected chi connectivity index (χ2v) is 8.02. The van der Waals surface area contributed by atoms with Crippen LogP contribution in [0, 0.1) is 0 Å². The third kappa shape index (κ3) is 5.68. The first-order valence-electron chi connectivity index (χ1n) is 9.46. The highest BCUT2D eigenvalue weighted by atomic mass is 16.7. The first-order chi connectivity index (χ1) is 12.8. The molecule has 1 aromatic carbocycles. The Labute approximate surface area is 160 Å². The first-order valence-corrected chi connectivity index (χ1v) is 9.46. The van der Waals surface area contributed by atoms with Gasteiger partial charge in [-0.05, 0) is 45.7 Å². The van der Waals surface area contributed by atoms with Gasteiger partial charge in [0.1, 0.15) is 5.60 Å². The van der Waals surface area contributed by atoms with E-state index < -0.39 is 5.60 Å². The summed E-state index contributed by atoms with van der Waals surface area (Å²) in [5.74, 6) is -0.332. The van der Waals surface area contributed by atoms with Crippen molar-refractivity contribution in [2.75, 3.05) is 26.2 Å². The Hall–Kier alpha value is -2.12. The predicted octanol–water partition coefficient (Wildman–Crippen LogP) is 2.86. The van der Waals surface area contributed by atoms with Crippen molar-refractivity contribution in [3.8, 4) is 0 Å². The van der Waals surface area contributed by atoms with Gasteiger partial charge < -0.3 is 19.2 Å². The number of carbonyl (C=O) groups excluding carboxylic acids is 2. The van der Waals surface area contributed by atoms with Gasteiger partial charge in [-0.15, -0.1) is 5.06 Å². The lowest BCUT2D eigenvalue weighted by atomic mass is 10.1. The zero-order valence-electron chi connectivity index (χ0n) is 16.2. The molecule has 0 atom stereocenters. The van der Waals surface area contributed by atoms with Crippen LogP contribution in [-0.4, -0.2) is 66.0 Å². The molecule has 148 valence electrons. The zero-order chi connectivity index (χ0) is 19.4. The van der Waals surface area contributed by atoms with Crippen LogP contribution in [0.2, 0.25) is 0 Å². The molecule has 0 aromatic heterocycles. The molecule has 2 fully saturated rings. The van der Waals surface area contributed by atoms with Crippen molar-refractivity contribution in [3.63, 3.8) is 0 Å². The maximum atomic E-state index is 12.1. The smallest absolute Gasteiger partial charge is 0.410 e. The van der Waals surface area contributed by atoms with Crippen molar-refractivity contribution < 1.29 is 23.9 Å². The summed E-state index contributed by atoms with van der Waals surface area (Å²) in [6.07, 6.45) is 1.49. The number of amides is 1. The Kier molecular flexibility index (Phi) is 6.01. The summed E-state index contributed by atoms with van der Waals surface area (Å²) in [6.45, 7) is 8.00. The second-order valence-electron chi connectivity index (χ2n) is 8.02. The minimum absolute atomic E-state index is 0.0564. The molecule has 27 heavy (non-hydrogen) atoms. The SMILES string of the molecule is CC(C)(C)OC(=O)N1CC(OC2CCN(OC(=O)c3ccccc3)CC2)C1. The first kappa shape index (κ1) is 19.6. The van der Waals surface area contributed by atoms with Crippen LogP contribution in [0.1, 0.15) is 44.0 Å². The number of benzene rings is 1. The molecule has 0 saturated carbocycles. The maximum Gasteiger partial charge on any atom is 0.410 e. The maximum absolute atomic E-state index is 12.1. The fourth-order valence-electron chi connectivity index (χ4n) is 3.08. The lowest BCUT2D eigenvalue weighted by molar-refractivity contribution is -0.158. The number of carbonyl (C=O) groups is 2. The lowest BCUT2D eigenvalue weighted by Crippen LogP contribution is -2.57. The van der Waals surface area contributed by atoms with Crippen molar-refractivity contribution in [2.24, 2.45) is 0 Å². The summed E-state index contributed by atoms with van der Waals surface area (Å²) in [6, 6.07) is 8.98. The molecule has 0 aliphatic carbocycles. The third-order valence-electron chi connectivity index (χ3n) is 4.51. The van der Waals surface area contributed by atoms with Gasteiger partial charge in [-0.1, -0.05) is 18.2 Å². The van der Waals surface area contributed by atoms with E-state index >= 15 is 0 Å². The number of likely N-dealkylation sites (tertiary alicyclic amines) is 1. The van der Waals surface area contributed by atoms with E-state index in [2.05, 4.69) is 0 Å². The standard InChI is InChI=1S/C20H28N2O5/c1-20(2,3)26-19(24)21-13-17(14-21)25-16-9-11-22(12-10-16)27-18(23)15-7-5-4-6-8-15/h4-8,16-17H,9-14H2,1-3H3. The van der Waals surface area contributed by atoms with Gasteiger partial charge in [-0.3, -0.25) is 0 Å². The molecular formula is C20H28N2O5. The molecule has 0 bridgehead atoms. The van der Waals surface area contributed by atoms with E-state index in [0.29, 0.717) is 31.7 Å². The highest BCUT2D eigenvalue weighted by molar-refractivity contribution is 5.89. The zero-order valence-corrected chi connectivity index (χ0v) is 16.2. The monoisotopic (exact) mass is 376 g/mol. The predicted molar refractivity (Wildman–Crippen MR) is 99.1 cm³/mol. The van der Waals surface area contributed by atoms with E-state index in [1.54, 1.807) is 22.1 Å². The topological polar surface area (TPSA) is 68.3 Å². The van der Waals surface area contributed by atoms with Gasteiger partial charge in [-0.2, -0.15) is 0 Å². The Morgan fingerprint density at radius 1 is 1.00 bits per heavy atom. The van der Waals surface area contributed by atoms with Gasteiger partial charge in [0.05, 0.1) is 30.9 Å². The van der Waals surface area contributed by atoms with Gasteiger partial charge in [0.25, 0.3) is 0 Å². The molecule has 7 nitrogen and oxygen atoms in total. The van der Waals surface area contributed by atoms with E-state index in [4.69, 9.17) is 14.3 Å². The highest BCUT2D eigenvalue weighted by Gasteiger charge is 2.36. The number of nitrogens with zero attached hydrogens (tertiary/aromatic N) is 2. The quantitative estimate of drug-likeness (QED) is 0.805. The minimum atomic E-state index is -0.479. The summed E-state index contributed by atoms with van der Waals surface area (Å²) >= 11 is 0. The van der Waals surface area contributed by atoms with E-state index in [0.717, 1.165) is 12.8 Å². The Bertz CT molecular complexity index is 644. The number of hydrogen-bond donors (Lipinski definition) is 0. The summed E-state index contributed by atoms with van der Waals surface area (Å²) in [5.41, 5.74) is 0.0696. The average molecular weight is 376 g/mol. The minimum Gasteiger partial charge on any atom is -0.444 e. The van der Waals surface area contributed by atoms with Crippen LogP contribution < -0.4 is 0 Å². The van der Waals surface area contributed by atoms with Crippen LogP contribution in [0.3, 0.4) is 0 Å². The van der Waals surface area contributed by atoms with Crippen LogP contribution in [0.15, 0.2) is 30.3 Å². The number of piperidine rings is 1. The molecule has 2 aliphatic rings. The fraction of sp³-hybridized carbons (Fsp3) is 0.600. The van der Waals surface area contributed by atoms with Crippen molar-refractivity contribution in [1.29, 1.82) is 0 Å². The normalized spacial score (nSPS) is 19.4. The molecular weight excluding hydrogens is 348 g/mol. The Morgan fingerprint density at radius 2 is 1.63 bits per heavy atom. The molecule has 0 spiro atoms.